The van der Waals surface area contributed by atoms with Crippen molar-refractivity contribution in [1.29, 1.82) is 5.41 Å². The fraction of sp³-hybridized carbons (Fsp3) is 0.357. The van der Waals surface area contributed by atoms with E-state index in [0.717, 1.165) is 0 Å². The number of ether oxygens (including phenoxy) is 1. The van der Waals surface area contributed by atoms with Crippen LogP contribution in [0.15, 0.2) is 18.2 Å². The van der Waals surface area contributed by atoms with E-state index in [-0.39, 0.29) is 18.8 Å². The number of hydrogen-bond acceptors (Lipinski definition) is 5. The summed E-state index contributed by atoms with van der Waals surface area (Å²) in [6, 6.07) is 4.96. The van der Waals surface area contributed by atoms with Gasteiger partial charge in [0.05, 0.1) is 6.61 Å². The number of carbonyl (C=O) groups is 2. The van der Waals surface area contributed by atoms with Gasteiger partial charge in [-0.1, -0.05) is 12.1 Å². The fourth-order valence-corrected chi connectivity index (χ4v) is 1.64. The summed E-state index contributed by atoms with van der Waals surface area (Å²) in [6.07, 6.45) is 0.959. The first-order valence-corrected chi connectivity index (χ1v) is 6.19. The summed E-state index contributed by atoms with van der Waals surface area (Å²) in [5.74, 6) is -0.803. The lowest BCUT2D eigenvalue weighted by molar-refractivity contribution is -0.141. The van der Waals surface area contributed by atoms with Crippen LogP contribution in [0.3, 0.4) is 0 Å². The Labute approximate surface area is 112 Å². The van der Waals surface area contributed by atoms with Crippen molar-refractivity contribution in [3.8, 4) is 0 Å². The van der Waals surface area contributed by atoms with Crippen molar-refractivity contribution < 1.29 is 14.3 Å². The van der Waals surface area contributed by atoms with Crippen molar-refractivity contribution in [2.75, 3.05) is 18.5 Å². The average molecular weight is 262 g/mol. The Kier molecular flexibility index (Phi) is 5.73. The van der Waals surface area contributed by atoms with E-state index in [9.17, 15) is 9.59 Å². The molecule has 0 saturated carbocycles. The lowest BCUT2D eigenvalue weighted by Crippen LogP contribution is -2.12. The standard InChI is InChI=1S/C14H18N2O3/c1-3-16-12-7-10(5-6-11(12)9-15)13(17)8-14(18)19-4-2/h5-7,9,15-16H,3-4,8H2,1-2H3. The lowest BCUT2D eigenvalue weighted by atomic mass is 10.0. The van der Waals surface area contributed by atoms with Crippen LogP contribution in [-0.2, 0) is 9.53 Å². The van der Waals surface area contributed by atoms with Gasteiger partial charge in [-0.3, -0.25) is 9.59 Å². The molecule has 0 amide bonds. The molecule has 0 saturated heterocycles. The van der Waals surface area contributed by atoms with Gasteiger partial charge < -0.3 is 15.5 Å². The maximum absolute atomic E-state index is 11.9. The van der Waals surface area contributed by atoms with Gasteiger partial charge in [-0.25, -0.2) is 0 Å². The summed E-state index contributed by atoms with van der Waals surface area (Å²) in [7, 11) is 0. The van der Waals surface area contributed by atoms with Gasteiger partial charge in [0.1, 0.15) is 6.42 Å². The molecule has 1 rings (SSSR count). The fourth-order valence-electron chi connectivity index (χ4n) is 1.64. The highest BCUT2D eigenvalue weighted by Gasteiger charge is 2.14. The second-order valence-electron chi connectivity index (χ2n) is 3.88. The zero-order valence-corrected chi connectivity index (χ0v) is 11.2. The molecule has 0 spiro atoms. The number of ketones is 1. The number of carbonyl (C=O) groups excluding carboxylic acids is 2. The second-order valence-corrected chi connectivity index (χ2v) is 3.88. The predicted molar refractivity (Wildman–Crippen MR) is 74.1 cm³/mol. The molecule has 5 nitrogen and oxygen atoms in total. The Hall–Kier alpha value is -2.17. The molecule has 1 aromatic carbocycles. The minimum Gasteiger partial charge on any atom is -0.466 e. The third-order valence-corrected chi connectivity index (χ3v) is 2.51. The van der Waals surface area contributed by atoms with Crippen LogP contribution in [-0.4, -0.2) is 31.1 Å². The van der Waals surface area contributed by atoms with Gasteiger partial charge in [-0.05, 0) is 19.9 Å². The van der Waals surface area contributed by atoms with E-state index in [1.54, 1.807) is 25.1 Å². The topological polar surface area (TPSA) is 79.2 Å². The van der Waals surface area contributed by atoms with E-state index in [4.69, 9.17) is 10.1 Å². The molecule has 2 N–H and O–H groups in total. The van der Waals surface area contributed by atoms with Crippen molar-refractivity contribution in [3.63, 3.8) is 0 Å². The first kappa shape index (κ1) is 14.9. The summed E-state index contributed by atoms with van der Waals surface area (Å²) < 4.78 is 4.75. The number of hydrogen-bond donors (Lipinski definition) is 2. The van der Waals surface area contributed by atoms with Crippen LogP contribution < -0.4 is 5.32 Å². The van der Waals surface area contributed by atoms with Gasteiger partial charge in [0.2, 0.25) is 0 Å². The van der Waals surface area contributed by atoms with Gasteiger partial charge in [0.25, 0.3) is 0 Å². The largest absolute Gasteiger partial charge is 0.466 e. The number of nitrogens with one attached hydrogen (secondary N) is 2. The van der Waals surface area contributed by atoms with Crippen molar-refractivity contribution >= 4 is 23.7 Å². The minimum absolute atomic E-state index is 0.261. The molecule has 0 aliphatic rings. The molecule has 0 fully saturated rings. The molecule has 0 radical (unpaired) electrons. The molecule has 0 aromatic heterocycles. The number of anilines is 1. The molecule has 5 heteroatoms. The Morgan fingerprint density at radius 2 is 2.11 bits per heavy atom. The van der Waals surface area contributed by atoms with Crippen LogP contribution in [0.25, 0.3) is 0 Å². The number of esters is 1. The number of rotatable bonds is 7. The van der Waals surface area contributed by atoms with E-state index in [2.05, 4.69) is 5.32 Å². The summed E-state index contributed by atoms with van der Waals surface area (Å²) in [5.41, 5.74) is 1.86. The van der Waals surface area contributed by atoms with Crippen molar-refractivity contribution in [1.82, 2.24) is 0 Å². The molecular weight excluding hydrogens is 244 g/mol. The summed E-state index contributed by atoms with van der Waals surface area (Å²) in [4.78, 5) is 23.2. The Bertz CT molecular complexity index is 484. The summed E-state index contributed by atoms with van der Waals surface area (Å²) >= 11 is 0. The van der Waals surface area contributed by atoms with Gasteiger partial charge >= 0.3 is 5.97 Å². The van der Waals surface area contributed by atoms with Crippen LogP contribution in [0.4, 0.5) is 5.69 Å². The highest BCUT2D eigenvalue weighted by atomic mass is 16.5. The highest BCUT2D eigenvalue weighted by molar-refractivity contribution is 6.07. The van der Waals surface area contributed by atoms with Gasteiger partial charge in [-0.15, -0.1) is 0 Å². The van der Waals surface area contributed by atoms with Crippen molar-refractivity contribution in [2.24, 2.45) is 0 Å². The zero-order valence-electron chi connectivity index (χ0n) is 11.2. The van der Waals surface area contributed by atoms with Crippen LogP contribution in [0.1, 0.15) is 36.2 Å². The highest BCUT2D eigenvalue weighted by Crippen LogP contribution is 2.17. The van der Waals surface area contributed by atoms with Crippen LogP contribution in [0, 0.1) is 5.41 Å². The molecule has 0 heterocycles. The first-order valence-electron chi connectivity index (χ1n) is 6.19. The predicted octanol–water partition coefficient (Wildman–Crippen LogP) is 2.25. The van der Waals surface area contributed by atoms with E-state index >= 15 is 0 Å². The summed E-state index contributed by atoms with van der Waals surface area (Å²) in [5, 5.41) is 10.4. The van der Waals surface area contributed by atoms with Crippen molar-refractivity contribution in [3.05, 3.63) is 29.3 Å². The number of Topliss-reactive ketones (excluding diaryl/α,β-unsaturated/α-hetero) is 1. The summed E-state index contributed by atoms with van der Waals surface area (Å²) in [6.45, 7) is 4.59. The molecule has 19 heavy (non-hydrogen) atoms. The quantitative estimate of drug-likeness (QED) is 0.342. The molecule has 0 bridgehead atoms. The third kappa shape index (κ3) is 4.21. The minimum atomic E-state index is -0.520. The third-order valence-electron chi connectivity index (χ3n) is 2.51. The van der Waals surface area contributed by atoms with Gasteiger partial charge in [-0.2, -0.15) is 0 Å². The molecule has 102 valence electrons. The second kappa shape index (κ2) is 7.31. The van der Waals surface area contributed by atoms with Crippen LogP contribution in [0.2, 0.25) is 0 Å². The molecule has 0 aliphatic heterocycles. The van der Waals surface area contributed by atoms with E-state index in [0.29, 0.717) is 23.4 Å². The molecule has 1 aromatic rings. The van der Waals surface area contributed by atoms with Crippen LogP contribution >= 0.6 is 0 Å². The molecular formula is C14H18N2O3. The Balaban J connectivity index is 2.88. The first-order chi connectivity index (χ1) is 9.12. The van der Waals surface area contributed by atoms with E-state index < -0.39 is 5.97 Å². The zero-order chi connectivity index (χ0) is 14.3. The molecule has 0 unspecified atom stereocenters. The van der Waals surface area contributed by atoms with Gasteiger partial charge in [0.15, 0.2) is 5.78 Å². The Morgan fingerprint density at radius 3 is 2.68 bits per heavy atom. The van der Waals surface area contributed by atoms with E-state index in [1.807, 2.05) is 6.92 Å². The molecule has 0 atom stereocenters. The SMILES string of the molecule is CCNc1cc(C(=O)CC(=O)OCC)ccc1C=N. The smallest absolute Gasteiger partial charge is 0.313 e. The lowest BCUT2D eigenvalue weighted by Gasteiger charge is -2.09. The van der Waals surface area contributed by atoms with Crippen molar-refractivity contribution in [2.45, 2.75) is 20.3 Å². The average Bonchev–Trinajstić information content (AvgIpc) is 2.39. The number of benzene rings is 1. The monoisotopic (exact) mass is 262 g/mol. The molecule has 0 aliphatic carbocycles. The maximum atomic E-state index is 11.9. The normalized spacial score (nSPS) is 9.79. The van der Waals surface area contributed by atoms with Crippen LogP contribution in [0.5, 0.6) is 0 Å². The van der Waals surface area contributed by atoms with E-state index in [1.165, 1.54) is 6.21 Å². The maximum Gasteiger partial charge on any atom is 0.313 e. The Morgan fingerprint density at radius 1 is 1.37 bits per heavy atom. The van der Waals surface area contributed by atoms with Gasteiger partial charge in [0, 0.05) is 29.6 Å².